The molecule has 0 fully saturated rings. The molecule has 0 saturated heterocycles. The quantitative estimate of drug-likeness (QED) is 0.0725. The molecule has 384 valence electrons. The van der Waals surface area contributed by atoms with Gasteiger partial charge in [0.25, 0.3) is 0 Å². The van der Waals surface area contributed by atoms with Crippen LogP contribution in [0.5, 0.6) is 5.75 Å². The molecule has 3 heterocycles. The van der Waals surface area contributed by atoms with E-state index in [1.165, 1.54) is 45.4 Å². The topological polar surface area (TPSA) is 109 Å². The van der Waals surface area contributed by atoms with Crippen LogP contribution in [0.4, 0.5) is 31.0 Å². The Morgan fingerprint density at radius 2 is 0.808 bits per heavy atom. The normalized spacial score (nSPS) is 11.5. The summed E-state index contributed by atoms with van der Waals surface area (Å²) in [6.07, 6.45) is -4.68. The van der Waals surface area contributed by atoms with Crippen LogP contribution >= 0.6 is 0 Å². The van der Waals surface area contributed by atoms with Crippen molar-refractivity contribution in [3.8, 4) is 5.75 Å². The van der Waals surface area contributed by atoms with Crippen LogP contribution in [0.25, 0.3) is 33.1 Å². The molecule has 0 aliphatic carbocycles. The highest BCUT2D eigenvalue weighted by atomic mass is 19.4. The first-order chi connectivity index (χ1) is 35.1. The molecule has 0 unspecified atom stereocenters. The molecule has 16 heteroatoms. The Hall–Kier alpha value is -7.40. The number of anilines is 3. The number of para-hydroxylation sites is 6. The van der Waals surface area contributed by atoms with Crippen molar-refractivity contribution in [1.29, 1.82) is 0 Å². The zero-order chi connectivity index (χ0) is 51.9. The molecule has 0 atom stereocenters. The van der Waals surface area contributed by atoms with Crippen molar-refractivity contribution in [2.75, 3.05) is 77.9 Å². The van der Waals surface area contributed by atoms with Gasteiger partial charge in [-0.1, -0.05) is 103 Å². The summed E-state index contributed by atoms with van der Waals surface area (Å²) in [5.41, 5.74) is 12.4. The molecule has 6 aromatic carbocycles. The van der Waals surface area contributed by atoms with E-state index >= 15 is 0 Å². The van der Waals surface area contributed by atoms with Crippen LogP contribution in [0, 0.1) is 13.8 Å². The molecule has 9 aromatic rings. The summed E-state index contributed by atoms with van der Waals surface area (Å²) in [5.74, 6) is 2.38. The van der Waals surface area contributed by atoms with E-state index < -0.39 is 6.36 Å². The van der Waals surface area contributed by atoms with Crippen molar-refractivity contribution in [2.24, 2.45) is 0 Å². The van der Waals surface area contributed by atoms with E-state index in [1.807, 2.05) is 50.5 Å². The number of alkyl halides is 3. The van der Waals surface area contributed by atoms with Crippen molar-refractivity contribution in [3.05, 3.63) is 173 Å². The van der Waals surface area contributed by atoms with Gasteiger partial charge in [0, 0.05) is 58.9 Å². The van der Waals surface area contributed by atoms with Gasteiger partial charge >= 0.3 is 6.36 Å². The Morgan fingerprint density at radius 1 is 0.452 bits per heavy atom. The molecule has 73 heavy (non-hydrogen) atoms. The van der Waals surface area contributed by atoms with Gasteiger partial charge in [-0.25, -0.2) is 15.0 Å². The number of rotatable bonds is 19. The zero-order valence-corrected chi connectivity index (χ0v) is 43.3. The number of aromatic nitrogens is 6. The monoisotopic (exact) mass is 995 g/mol. The van der Waals surface area contributed by atoms with Gasteiger partial charge in [0.1, 0.15) is 5.75 Å². The van der Waals surface area contributed by atoms with Crippen LogP contribution in [-0.4, -0.2) is 112 Å². The van der Waals surface area contributed by atoms with Crippen molar-refractivity contribution in [2.45, 2.75) is 59.5 Å². The van der Waals surface area contributed by atoms with Gasteiger partial charge in [-0.2, -0.15) is 0 Å². The van der Waals surface area contributed by atoms with Crippen molar-refractivity contribution >= 4 is 50.9 Å². The fourth-order valence-electron chi connectivity index (χ4n) is 8.07. The van der Waals surface area contributed by atoms with Gasteiger partial charge < -0.3 is 49.1 Å². The molecule has 0 spiro atoms. The number of imidazole rings is 3. The minimum Gasteiger partial charge on any atom is -0.406 e. The SMILES string of the molecule is CN(C)CCn1c(NCc2ccc(OC(F)(F)F)cc2)nc2ccccc21.Cc1ccc(CNc2nc3ccccc3n2CCN(C)C)cc1.Cc1ccccc1CNc1nc2ccccc2n1CCN(C)C. The Bertz CT molecular complexity index is 3120. The minimum atomic E-state index is -4.68. The summed E-state index contributed by atoms with van der Waals surface area (Å²) < 4.78 is 47.2. The van der Waals surface area contributed by atoms with Crippen LogP contribution in [-0.2, 0) is 39.3 Å². The van der Waals surface area contributed by atoms with Gasteiger partial charge in [0.2, 0.25) is 17.8 Å². The molecule has 3 N–H and O–H groups in total. The average Bonchev–Trinajstić information content (AvgIpc) is 4.04. The maximum absolute atomic E-state index is 12.2. The van der Waals surface area contributed by atoms with Gasteiger partial charge in [-0.05, 0) is 127 Å². The van der Waals surface area contributed by atoms with E-state index in [2.05, 4.69) is 181 Å². The molecule has 0 radical (unpaired) electrons. The fourth-order valence-corrected chi connectivity index (χ4v) is 8.07. The van der Waals surface area contributed by atoms with Crippen LogP contribution in [0.2, 0.25) is 0 Å². The largest absolute Gasteiger partial charge is 0.573 e. The lowest BCUT2D eigenvalue weighted by molar-refractivity contribution is -0.274. The Labute approximate surface area is 427 Å². The number of aryl methyl sites for hydroxylation is 2. The summed E-state index contributed by atoms with van der Waals surface area (Å²) >= 11 is 0. The van der Waals surface area contributed by atoms with Crippen molar-refractivity contribution in [1.82, 2.24) is 43.4 Å². The summed E-state index contributed by atoms with van der Waals surface area (Å²) in [5, 5.41) is 10.3. The highest BCUT2D eigenvalue weighted by molar-refractivity contribution is 5.80. The predicted octanol–water partition coefficient (Wildman–Crippen LogP) is 11.1. The third-order valence-electron chi connectivity index (χ3n) is 12.2. The van der Waals surface area contributed by atoms with E-state index in [-0.39, 0.29) is 5.75 Å². The first-order valence-electron chi connectivity index (χ1n) is 24.6. The molecule has 0 aliphatic heterocycles. The average molecular weight is 995 g/mol. The van der Waals surface area contributed by atoms with Gasteiger partial charge in [-0.3, -0.25) is 0 Å². The van der Waals surface area contributed by atoms with E-state index in [0.29, 0.717) is 6.54 Å². The molecule has 0 aliphatic rings. The third kappa shape index (κ3) is 15.5. The molecular formula is C57H69F3N12O. The number of halogens is 3. The van der Waals surface area contributed by atoms with E-state index in [0.717, 1.165) is 97.8 Å². The number of likely N-dealkylation sites (N-methyl/N-ethyl adjacent to an activating group) is 3. The number of ether oxygens (including phenoxy) is 1. The lowest BCUT2D eigenvalue weighted by Crippen LogP contribution is -2.19. The molecule has 0 bridgehead atoms. The Morgan fingerprint density at radius 3 is 1.19 bits per heavy atom. The van der Waals surface area contributed by atoms with Crippen LogP contribution in [0.1, 0.15) is 27.8 Å². The number of nitrogens with one attached hydrogen (secondary N) is 3. The number of nitrogens with zero attached hydrogens (tertiary/aromatic N) is 9. The van der Waals surface area contributed by atoms with Crippen LogP contribution in [0.3, 0.4) is 0 Å². The van der Waals surface area contributed by atoms with E-state index in [9.17, 15) is 13.2 Å². The van der Waals surface area contributed by atoms with Crippen molar-refractivity contribution in [3.63, 3.8) is 0 Å². The van der Waals surface area contributed by atoms with Gasteiger partial charge in [0.15, 0.2) is 0 Å². The summed E-state index contributed by atoms with van der Waals surface area (Å²) in [6, 6.07) is 47.4. The number of hydrogen-bond donors (Lipinski definition) is 3. The second kappa shape index (κ2) is 25.3. The molecular weight excluding hydrogens is 926 g/mol. The maximum Gasteiger partial charge on any atom is 0.573 e. The number of fused-ring (bicyclic) bond motifs is 3. The third-order valence-corrected chi connectivity index (χ3v) is 12.2. The molecule has 3 aromatic heterocycles. The van der Waals surface area contributed by atoms with E-state index in [1.54, 1.807) is 12.1 Å². The smallest absolute Gasteiger partial charge is 0.406 e. The standard InChI is InChI=1S/C19H21F3N4O.2C19H24N4/c1-25(2)11-12-26-17-6-4-3-5-16(17)24-18(26)23-13-14-7-9-15(10-8-14)27-19(20,21)22;1-15-8-4-5-9-16(15)14-20-19-21-17-10-6-7-11-18(17)23(19)13-12-22(2)3;1-15-8-10-16(11-9-15)14-20-19-21-17-6-4-5-7-18(17)23(19)13-12-22(2)3/h3-10H,11-13H2,1-2H3,(H,23,24);2*4-11H,12-14H2,1-3H3,(H,20,21). The highest BCUT2D eigenvalue weighted by Gasteiger charge is 2.31. The molecule has 9 rings (SSSR count). The van der Waals surface area contributed by atoms with Crippen LogP contribution < -0.4 is 20.7 Å². The summed E-state index contributed by atoms with van der Waals surface area (Å²) in [6.45, 7) is 11.7. The number of hydrogen-bond acceptors (Lipinski definition) is 10. The zero-order valence-electron chi connectivity index (χ0n) is 43.3. The molecule has 0 saturated carbocycles. The lowest BCUT2D eigenvalue weighted by atomic mass is 10.1. The number of benzene rings is 6. The van der Waals surface area contributed by atoms with E-state index in [4.69, 9.17) is 9.97 Å². The summed E-state index contributed by atoms with van der Waals surface area (Å²) in [7, 11) is 12.4. The fraction of sp³-hybridized carbons (Fsp3) is 0.316. The minimum absolute atomic E-state index is 0.232. The Balaban J connectivity index is 0.000000161. The lowest BCUT2D eigenvalue weighted by Gasteiger charge is -2.14. The summed E-state index contributed by atoms with van der Waals surface area (Å²) in [4.78, 5) is 20.6. The van der Waals surface area contributed by atoms with Crippen molar-refractivity contribution < 1.29 is 17.9 Å². The molecule has 13 nitrogen and oxygen atoms in total. The van der Waals surface area contributed by atoms with Gasteiger partial charge in [0.05, 0.1) is 33.1 Å². The second-order valence-electron chi connectivity index (χ2n) is 18.8. The highest BCUT2D eigenvalue weighted by Crippen LogP contribution is 2.25. The second-order valence-corrected chi connectivity index (χ2v) is 18.8. The maximum atomic E-state index is 12.2. The van der Waals surface area contributed by atoms with Gasteiger partial charge in [-0.15, -0.1) is 13.2 Å². The predicted molar refractivity (Wildman–Crippen MR) is 292 cm³/mol. The van der Waals surface area contributed by atoms with Crippen LogP contribution in [0.15, 0.2) is 146 Å². The first kappa shape index (κ1) is 53.4. The Kier molecular flexibility index (Phi) is 18.5. The first-order valence-corrected chi connectivity index (χ1v) is 24.6. The molecule has 0 amide bonds.